The summed E-state index contributed by atoms with van der Waals surface area (Å²) in [6, 6.07) is 4.49. The van der Waals surface area contributed by atoms with Gasteiger partial charge in [0.05, 0.1) is 5.56 Å². The number of nitrogens with zero attached hydrogens (tertiary/aromatic N) is 1. The average molecular weight is 302 g/mol. The van der Waals surface area contributed by atoms with Crippen LogP contribution in [-0.2, 0) is 11.0 Å². The Labute approximate surface area is 120 Å². The van der Waals surface area contributed by atoms with E-state index in [1.807, 2.05) is 0 Å². The van der Waals surface area contributed by atoms with Crippen molar-refractivity contribution in [3.63, 3.8) is 0 Å². The first-order chi connectivity index (χ1) is 9.95. The van der Waals surface area contributed by atoms with E-state index in [-0.39, 0.29) is 18.3 Å². The highest BCUT2D eigenvalue weighted by Crippen LogP contribution is 2.31. The highest BCUT2D eigenvalue weighted by atomic mass is 19.4. The number of piperidine rings is 1. The lowest BCUT2D eigenvalue weighted by molar-refractivity contribution is -0.137. The number of hydrogen-bond donors (Lipinski definition) is 1. The zero-order valence-corrected chi connectivity index (χ0v) is 11.4. The van der Waals surface area contributed by atoms with Gasteiger partial charge in [0.2, 0.25) is 0 Å². The molecule has 0 radical (unpaired) electrons. The highest BCUT2D eigenvalue weighted by Gasteiger charge is 2.30. The van der Waals surface area contributed by atoms with Gasteiger partial charge in [0.1, 0.15) is 5.75 Å². The summed E-state index contributed by atoms with van der Waals surface area (Å²) >= 11 is 0. The molecule has 0 unspecified atom stereocenters. The first kappa shape index (κ1) is 15.6. The SMILES string of the molecule is O=C(COc1cccc(C(F)(F)F)c1)NN1CCCCC1. The number of amides is 1. The standard InChI is InChI=1S/C14H17F3N2O2/c15-14(16,17)11-5-4-6-12(9-11)21-10-13(20)18-19-7-2-1-3-8-19/h4-6,9H,1-3,7-8,10H2,(H,18,20). The summed E-state index contributed by atoms with van der Waals surface area (Å²) in [7, 11) is 0. The molecule has 1 saturated heterocycles. The number of halogens is 3. The monoisotopic (exact) mass is 302 g/mol. The van der Waals surface area contributed by atoms with Gasteiger partial charge >= 0.3 is 6.18 Å². The first-order valence-electron chi connectivity index (χ1n) is 6.79. The van der Waals surface area contributed by atoms with E-state index in [2.05, 4.69) is 5.43 Å². The molecule has 1 aromatic rings. The molecular weight excluding hydrogens is 285 g/mol. The van der Waals surface area contributed by atoms with Crippen LogP contribution in [0.2, 0.25) is 0 Å². The van der Waals surface area contributed by atoms with Gasteiger partial charge in [0.15, 0.2) is 6.61 Å². The second kappa shape index (κ2) is 6.80. The van der Waals surface area contributed by atoms with Crippen LogP contribution in [0.4, 0.5) is 13.2 Å². The summed E-state index contributed by atoms with van der Waals surface area (Å²) < 4.78 is 42.7. The number of carbonyl (C=O) groups is 1. The van der Waals surface area contributed by atoms with Crippen molar-refractivity contribution in [1.82, 2.24) is 10.4 Å². The number of carbonyl (C=O) groups excluding carboxylic acids is 1. The summed E-state index contributed by atoms with van der Waals surface area (Å²) in [6.45, 7) is 1.27. The Bertz CT molecular complexity index is 485. The van der Waals surface area contributed by atoms with Gasteiger partial charge in [-0.1, -0.05) is 12.5 Å². The minimum Gasteiger partial charge on any atom is -0.484 e. The van der Waals surface area contributed by atoms with E-state index in [9.17, 15) is 18.0 Å². The van der Waals surface area contributed by atoms with E-state index in [0.29, 0.717) is 0 Å². The van der Waals surface area contributed by atoms with Crippen molar-refractivity contribution < 1.29 is 22.7 Å². The van der Waals surface area contributed by atoms with E-state index in [1.54, 1.807) is 5.01 Å². The molecule has 1 aromatic carbocycles. The van der Waals surface area contributed by atoms with Gasteiger partial charge in [0, 0.05) is 13.1 Å². The molecule has 4 nitrogen and oxygen atoms in total. The summed E-state index contributed by atoms with van der Waals surface area (Å²) in [4.78, 5) is 11.7. The maximum atomic E-state index is 12.5. The first-order valence-corrected chi connectivity index (χ1v) is 6.79. The number of hydrazine groups is 1. The van der Waals surface area contributed by atoms with Crippen molar-refractivity contribution in [3.8, 4) is 5.75 Å². The lowest BCUT2D eigenvalue weighted by Crippen LogP contribution is -2.46. The number of alkyl halides is 3. The van der Waals surface area contributed by atoms with E-state index in [0.717, 1.165) is 44.5 Å². The largest absolute Gasteiger partial charge is 0.484 e. The van der Waals surface area contributed by atoms with Crippen LogP contribution in [0, 0.1) is 0 Å². The van der Waals surface area contributed by atoms with Crippen molar-refractivity contribution >= 4 is 5.91 Å². The van der Waals surface area contributed by atoms with E-state index < -0.39 is 11.7 Å². The molecule has 7 heteroatoms. The fraction of sp³-hybridized carbons (Fsp3) is 0.500. The van der Waals surface area contributed by atoms with Gasteiger partial charge < -0.3 is 4.74 Å². The third-order valence-electron chi connectivity index (χ3n) is 3.17. The molecule has 1 heterocycles. The molecule has 0 saturated carbocycles. The van der Waals surface area contributed by atoms with Gasteiger partial charge in [-0.2, -0.15) is 13.2 Å². The average Bonchev–Trinajstić information content (AvgIpc) is 2.46. The molecule has 0 aliphatic carbocycles. The molecule has 1 fully saturated rings. The molecule has 1 N–H and O–H groups in total. The lowest BCUT2D eigenvalue weighted by Gasteiger charge is -2.26. The highest BCUT2D eigenvalue weighted by molar-refractivity contribution is 5.77. The Hall–Kier alpha value is -1.76. The molecule has 2 rings (SSSR count). The molecule has 21 heavy (non-hydrogen) atoms. The summed E-state index contributed by atoms with van der Waals surface area (Å²) in [5.74, 6) is -0.340. The Balaban J connectivity index is 1.83. The minimum atomic E-state index is -4.42. The van der Waals surface area contributed by atoms with Crippen molar-refractivity contribution in [2.75, 3.05) is 19.7 Å². The van der Waals surface area contributed by atoms with Crippen molar-refractivity contribution in [1.29, 1.82) is 0 Å². The fourth-order valence-electron chi connectivity index (χ4n) is 2.13. The molecular formula is C14H17F3N2O2. The van der Waals surface area contributed by atoms with Crippen molar-refractivity contribution in [2.24, 2.45) is 0 Å². The number of ether oxygens (including phenoxy) is 1. The van der Waals surface area contributed by atoms with Crippen LogP contribution in [0.5, 0.6) is 5.75 Å². The van der Waals surface area contributed by atoms with Crippen LogP contribution in [0.1, 0.15) is 24.8 Å². The molecule has 0 aromatic heterocycles. The topological polar surface area (TPSA) is 41.6 Å². The molecule has 116 valence electrons. The third kappa shape index (κ3) is 4.93. The van der Waals surface area contributed by atoms with E-state index in [1.165, 1.54) is 12.1 Å². The summed E-state index contributed by atoms with van der Waals surface area (Å²) in [6.07, 6.45) is -1.23. The Kier molecular flexibility index (Phi) is 5.06. The van der Waals surface area contributed by atoms with Crippen LogP contribution >= 0.6 is 0 Å². The van der Waals surface area contributed by atoms with Gasteiger partial charge in [-0.05, 0) is 31.0 Å². The quantitative estimate of drug-likeness (QED) is 0.929. The Morgan fingerprint density at radius 3 is 2.62 bits per heavy atom. The van der Waals surface area contributed by atoms with Crippen LogP contribution in [0.3, 0.4) is 0 Å². The number of rotatable bonds is 4. The van der Waals surface area contributed by atoms with Crippen molar-refractivity contribution in [3.05, 3.63) is 29.8 Å². The zero-order chi connectivity index (χ0) is 15.3. The minimum absolute atomic E-state index is 0.0265. The second-order valence-corrected chi connectivity index (χ2v) is 4.90. The number of benzene rings is 1. The number of nitrogens with one attached hydrogen (secondary N) is 1. The lowest BCUT2D eigenvalue weighted by atomic mass is 10.2. The predicted octanol–water partition coefficient (Wildman–Crippen LogP) is 2.60. The third-order valence-corrected chi connectivity index (χ3v) is 3.17. The predicted molar refractivity (Wildman–Crippen MR) is 70.5 cm³/mol. The van der Waals surface area contributed by atoms with E-state index in [4.69, 9.17) is 4.74 Å². The normalized spacial score (nSPS) is 16.5. The molecule has 1 aliphatic heterocycles. The van der Waals surface area contributed by atoms with Gasteiger partial charge in [-0.15, -0.1) is 0 Å². The summed E-state index contributed by atoms with van der Waals surface area (Å²) in [5.41, 5.74) is 1.89. The molecule has 1 amide bonds. The van der Waals surface area contributed by atoms with Crippen molar-refractivity contribution in [2.45, 2.75) is 25.4 Å². The van der Waals surface area contributed by atoms with Gasteiger partial charge in [-0.3, -0.25) is 10.2 Å². The van der Waals surface area contributed by atoms with Crippen LogP contribution in [-0.4, -0.2) is 30.6 Å². The van der Waals surface area contributed by atoms with Gasteiger partial charge in [0.25, 0.3) is 5.91 Å². The number of hydrogen-bond acceptors (Lipinski definition) is 3. The van der Waals surface area contributed by atoms with Gasteiger partial charge in [-0.25, -0.2) is 5.01 Å². The maximum absolute atomic E-state index is 12.5. The van der Waals surface area contributed by atoms with Crippen LogP contribution in [0.15, 0.2) is 24.3 Å². The second-order valence-electron chi connectivity index (χ2n) is 4.90. The molecule has 1 aliphatic rings. The Morgan fingerprint density at radius 1 is 1.24 bits per heavy atom. The molecule has 0 spiro atoms. The maximum Gasteiger partial charge on any atom is 0.416 e. The molecule has 0 bridgehead atoms. The van der Waals surface area contributed by atoms with Crippen LogP contribution < -0.4 is 10.2 Å². The smallest absolute Gasteiger partial charge is 0.416 e. The molecule has 0 atom stereocenters. The summed E-state index contributed by atoms with van der Waals surface area (Å²) in [5, 5.41) is 1.81. The Morgan fingerprint density at radius 2 is 1.95 bits per heavy atom. The fourth-order valence-corrected chi connectivity index (χ4v) is 2.13. The van der Waals surface area contributed by atoms with E-state index >= 15 is 0 Å². The van der Waals surface area contributed by atoms with Crippen LogP contribution in [0.25, 0.3) is 0 Å². The zero-order valence-electron chi connectivity index (χ0n) is 11.4.